The topological polar surface area (TPSA) is 109 Å². The molecule has 4 aromatic rings. The van der Waals surface area contributed by atoms with Crippen molar-refractivity contribution in [3.05, 3.63) is 89.7 Å². The highest BCUT2D eigenvalue weighted by molar-refractivity contribution is 7.89. The van der Waals surface area contributed by atoms with E-state index in [0.29, 0.717) is 35.4 Å². The summed E-state index contributed by atoms with van der Waals surface area (Å²) in [5.74, 6) is -0.160. The molecule has 0 radical (unpaired) electrons. The average molecular weight is 560 g/mol. The minimum atomic E-state index is -3.73. The van der Waals surface area contributed by atoms with Crippen LogP contribution in [0.15, 0.2) is 82.1 Å². The normalized spacial score (nSPS) is 18.0. The highest BCUT2D eigenvalue weighted by Crippen LogP contribution is 2.32. The predicted molar refractivity (Wildman–Crippen MR) is 156 cm³/mol. The van der Waals surface area contributed by atoms with E-state index in [4.69, 9.17) is 4.42 Å². The highest BCUT2D eigenvalue weighted by atomic mass is 32.2. The van der Waals surface area contributed by atoms with Gasteiger partial charge in [0.15, 0.2) is 5.78 Å². The summed E-state index contributed by atoms with van der Waals surface area (Å²) in [6.45, 7) is 6.82. The number of carbonyl (C=O) groups excluding carboxylic acids is 2. The number of hydrogen-bond donors (Lipinski definition) is 2. The zero-order valence-electron chi connectivity index (χ0n) is 22.8. The van der Waals surface area contributed by atoms with E-state index in [-0.39, 0.29) is 40.4 Å². The number of furan rings is 1. The molecule has 2 N–H and O–H groups in total. The molecular formula is C31H33N3O5S. The second-order valence-electron chi connectivity index (χ2n) is 10.7. The van der Waals surface area contributed by atoms with Crippen LogP contribution in [0.4, 0.5) is 11.4 Å². The first kappa shape index (κ1) is 27.6. The van der Waals surface area contributed by atoms with Crippen molar-refractivity contribution in [2.75, 3.05) is 30.3 Å². The third kappa shape index (κ3) is 5.80. The fourth-order valence-corrected chi connectivity index (χ4v) is 7.07. The van der Waals surface area contributed by atoms with Gasteiger partial charge in [-0.25, -0.2) is 8.42 Å². The molecule has 208 valence electrons. The Hall–Kier alpha value is -3.95. The molecule has 1 saturated heterocycles. The Kier molecular flexibility index (Phi) is 7.78. The Morgan fingerprint density at radius 1 is 0.950 bits per heavy atom. The van der Waals surface area contributed by atoms with Gasteiger partial charge in [0.1, 0.15) is 5.58 Å². The van der Waals surface area contributed by atoms with Gasteiger partial charge >= 0.3 is 0 Å². The molecule has 2 unspecified atom stereocenters. The number of para-hydroxylation sites is 1. The number of benzene rings is 3. The molecule has 8 nitrogen and oxygen atoms in total. The van der Waals surface area contributed by atoms with Crippen molar-refractivity contribution in [2.24, 2.45) is 11.8 Å². The molecule has 1 aromatic heterocycles. The average Bonchev–Trinajstić information content (AvgIpc) is 3.30. The molecular weight excluding hydrogens is 526 g/mol. The standard InChI is InChI=1S/C31H33N3O5S/c1-20-8-6-10-24(15-20)33-31(36)30-29(26-12-4-5-13-28(26)39-30)32-17-27(35)23-9-7-11-25(16-23)40(37,38)34-18-21(2)14-22(3)19-34/h4-13,15-16,21-22,32H,14,17-19H2,1-3H3,(H,33,36). The molecule has 1 aliphatic heterocycles. The van der Waals surface area contributed by atoms with E-state index < -0.39 is 15.9 Å². The van der Waals surface area contributed by atoms with Crippen LogP contribution in [0, 0.1) is 18.8 Å². The van der Waals surface area contributed by atoms with Gasteiger partial charge in [-0.3, -0.25) is 9.59 Å². The molecule has 5 rings (SSSR count). The largest absolute Gasteiger partial charge is 0.449 e. The first-order chi connectivity index (χ1) is 19.1. The van der Waals surface area contributed by atoms with Gasteiger partial charge in [-0.05, 0) is 67.1 Å². The monoisotopic (exact) mass is 559 g/mol. The zero-order chi connectivity index (χ0) is 28.4. The number of rotatable bonds is 8. The molecule has 40 heavy (non-hydrogen) atoms. The number of hydrogen-bond acceptors (Lipinski definition) is 6. The van der Waals surface area contributed by atoms with Gasteiger partial charge in [0, 0.05) is 29.7 Å². The lowest BCUT2D eigenvalue weighted by Crippen LogP contribution is -2.42. The maximum Gasteiger partial charge on any atom is 0.293 e. The summed E-state index contributed by atoms with van der Waals surface area (Å²) in [6.07, 6.45) is 0.990. The minimum absolute atomic E-state index is 0.0557. The number of ketones is 1. The number of aryl methyl sites for hydroxylation is 1. The van der Waals surface area contributed by atoms with Crippen LogP contribution in [0.25, 0.3) is 11.0 Å². The van der Waals surface area contributed by atoms with E-state index in [1.54, 1.807) is 30.3 Å². The zero-order valence-corrected chi connectivity index (χ0v) is 23.6. The van der Waals surface area contributed by atoms with E-state index in [1.165, 1.54) is 16.4 Å². The van der Waals surface area contributed by atoms with Crippen molar-refractivity contribution in [2.45, 2.75) is 32.1 Å². The lowest BCUT2D eigenvalue weighted by Gasteiger charge is -2.34. The van der Waals surface area contributed by atoms with E-state index in [1.807, 2.05) is 37.3 Å². The van der Waals surface area contributed by atoms with Gasteiger partial charge in [-0.2, -0.15) is 4.31 Å². The molecule has 2 atom stereocenters. The summed E-state index contributed by atoms with van der Waals surface area (Å²) >= 11 is 0. The molecule has 0 bridgehead atoms. The predicted octanol–water partition coefficient (Wildman–Crippen LogP) is 5.95. The lowest BCUT2D eigenvalue weighted by atomic mass is 9.94. The molecule has 0 saturated carbocycles. The van der Waals surface area contributed by atoms with Crippen LogP contribution in [0.5, 0.6) is 0 Å². The van der Waals surface area contributed by atoms with Gasteiger partial charge in [0.05, 0.1) is 17.1 Å². The van der Waals surface area contributed by atoms with E-state index in [0.717, 1.165) is 12.0 Å². The Labute approximate surface area is 234 Å². The highest BCUT2D eigenvalue weighted by Gasteiger charge is 2.32. The number of sulfonamides is 1. The molecule has 9 heteroatoms. The minimum Gasteiger partial charge on any atom is -0.449 e. The second kappa shape index (κ2) is 11.3. The van der Waals surface area contributed by atoms with Gasteiger partial charge in [0.2, 0.25) is 15.8 Å². The molecule has 1 fully saturated rings. The van der Waals surface area contributed by atoms with Crippen molar-refractivity contribution in [3.63, 3.8) is 0 Å². The Morgan fingerprint density at radius 2 is 1.68 bits per heavy atom. The summed E-state index contributed by atoms with van der Waals surface area (Å²) in [6, 6.07) is 20.8. The van der Waals surface area contributed by atoms with Crippen LogP contribution in [0.3, 0.4) is 0 Å². The van der Waals surface area contributed by atoms with E-state index >= 15 is 0 Å². The molecule has 0 aliphatic carbocycles. The first-order valence-electron chi connectivity index (χ1n) is 13.4. The summed E-state index contributed by atoms with van der Waals surface area (Å²) in [5, 5.41) is 6.60. The van der Waals surface area contributed by atoms with E-state index in [9.17, 15) is 18.0 Å². The third-order valence-corrected chi connectivity index (χ3v) is 8.96. The molecule has 1 aliphatic rings. The van der Waals surface area contributed by atoms with Crippen LogP contribution < -0.4 is 10.6 Å². The van der Waals surface area contributed by atoms with Crippen LogP contribution in [-0.4, -0.2) is 44.0 Å². The fourth-order valence-electron chi connectivity index (χ4n) is 5.34. The summed E-state index contributed by atoms with van der Waals surface area (Å²) in [7, 11) is -3.73. The second-order valence-corrected chi connectivity index (χ2v) is 12.6. The molecule has 1 amide bonds. The van der Waals surface area contributed by atoms with Crippen molar-refractivity contribution < 1.29 is 22.4 Å². The maximum atomic E-state index is 13.4. The summed E-state index contributed by atoms with van der Waals surface area (Å²) in [4.78, 5) is 26.5. The molecule has 3 aromatic carbocycles. The van der Waals surface area contributed by atoms with Gasteiger partial charge in [-0.1, -0.05) is 50.2 Å². The van der Waals surface area contributed by atoms with Crippen LogP contribution in [0.2, 0.25) is 0 Å². The number of nitrogens with zero attached hydrogens (tertiary/aromatic N) is 1. The number of Topliss-reactive ketones (excluding diaryl/α,β-unsaturated/α-hetero) is 1. The fraction of sp³-hybridized carbons (Fsp3) is 0.290. The van der Waals surface area contributed by atoms with Gasteiger partial charge < -0.3 is 15.1 Å². The summed E-state index contributed by atoms with van der Waals surface area (Å²) in [5.41, 5.74) is 2.80. The van der Waals surface area contributed by atoms with E-state index in [2.05, 4.69) is 24.5 Å². The number of amides is 1. The van der Waals surface area contributed by atoms with Crippen molar-refractivity contribution in [1.82, 2.24) is 4.31 Å². The Balaban J connectivity index is 1.36. The van der Waals surface area contributed by atoms with Crippen LogP contribution in [0.1, 0.15) is 46.7 Å². The number of anilines is 2. The maximum absolute atomic E-state index is 13.4. The summed E-state index contributed by atoms with van der Waals surface area (Å²) < 4.78 is 34.2. The van der Waals surface area contributed by atoms with Crippen LogP contribution in [-0.2, 0) is 10.0 Å². The van der Waals surface area contributed by atoms with Crippen molar-refractivity contribution >= 4 is 44.1 Å². The quantitative estimate of drug-likeness (QED) is 0.258. The van der Waals surface area contributed by atoms with Gasteiger partial charge in [0.25, 0.3) is 5.91 Å². The molecule has 2 heterocycles. The Bertz CT molecular complexity index is 1670. The first-order valence-corrected chi connectivity index (χ1v) is 14.8. The van der Waals surface area contributed by atoms with Crippen LogP contribution >= 0.6 is 0 Å². The van der Waals surface area contributed by atoms with Crippen molar-refractivity contribution in [3.8, 4) is 0 Å². The Morgan fingerprint density at radius 3 is 2.42 bits per heavy atom. The van der Waals surface area contributed by atoms with Gasteiger partial charge in [-0.15, -0.1) is 0 Å². The molecule has 0 spiro atoms. The number of fused-ring (bicyclic) bond motifs is 1. The third-order valence-electron chi connectivity index (χ3n) is 7.13. The SMILES string of the molecule is Cc1cccc(NC(=O)c2oc3ccccc3c2NCC(=O)c2cccc(S(=O)(=O)N3CC(C)CC(C)C3)c2)c1. The number of carbonyl (C=O) groups is 2. The smallest absolute Gasteiger partial charge is 0.293 e. The number of nitrogens with one attached hydrogen (secondary N) is 2. The van der Waals surface area contributed by atoms with Crippen molar-refractivity contribution in [1.29, 1.82) is 0 Å². The lowest BCUT2D eigenvalue weighted by molar-refractivity contribution is 0.0990. The number of piperidine rings is 1.